The van der Waals surface area contributed by atoms with Crippen molar-refractivity contribution >= 4 is 23.5 Å². The summed E-state index contributed by atoms with van der Waals surface area (Å²) in [6.07, 6.45) is 3.72. The number of nitrogens with zero attached hydrogens (tertiary/aromatic N) is 1. The van der Waals surface area contributed by atoms with Gasteiger partial charge in [0.05, 0.1) is 5.56 Å². The van der Waals surface area contributed by atoms with Crippen LogP contribution >= 0.6 is 0 Å². The molecule has 204 valence electrons. The monoisotopic (exact) mass is 528 g/mol. The van der Waals surface area contributed by atoms with Gasteiger partial charge >= 0.3 is 11.9 Å². The minimum Gasteiger partial charge on any atom is -0.480 e. The molecule has 2 N–H and O–H groups in total. The van der Waals surface area contributed by atoms with Gasteiger partial charge in [-0.2, -0.15) is 0 Å². The molecular formula is C32H36N2O5. The van der Waals surface area contributed by atoms with E-state index in [1.807, 2.05) is 24.3 Å². The molecule has 39 heavy (non-hydrogen) atoms. The molecule has 1 fully saturated rings. The average Bonchev–Trinajstić information content (AvgIpc) is 2.93. The number of nitrogens with one attached hydrogen (secondary N) is 1. The largest absolute Gasteiger partial charge is 0.480 e. The van der Waals surface area contributed by atoms with E-state index in [2.05, 4.69) is 31.0 Å². The van der Waals surface area contributed by atoms with Gasteiger partial charge in [0.15, 0.2) is 0 Å². The van der Waals surface area contributed by atoms with E-state index in [1.165, 1.54) is 19.3 Å². The number of amides is 1. The van der Waals surface area contributed by atoms with E-state index < -0.39 is 23.9 Å². The Bertz CT molecular complexity index is 1290. The molecule has 0 unspecified atom stereocenters. The van der Waals surface area contributed by atoms with Crippen LogP contribution in [0.3, 0.4) is 0 Å². The molecule has 0 aliphatic carbocycles. The number of aliphatic carboxylic acids is 1. The molecule has 7 nitrogen and oxygen atoms in total. The number of anilines is 1. The molecule has 1 aliphatic rings. The van der Waals surface area contributed by atoms with Crippen LogP contribution in [0.15, 0.2) is 72.8 Å². The summed E-state index contributed by atoms with van der Waals surface area (Å²) in [5, 5.41) is 12.3. The lowest BCUT2D eigenvalue weighted by molar-refractivity contribution is -0.139. The first-order valence-electron chi connectivity index (χ1n) is 13.4. The summed E-state index contributed by atoms with van der Waals surface area (Å²) in [6.45, 7) is 8.33. The zero-order chi connectivity index (χ0) is 28.0. The molecule has 7 heteroatoms. The summed E-state index contributed by atoms with van der Waals surface area (Å²) in [5.74, 6) is -1.67. The van der Waals surface area contributed by atoms with E-state index in [9.17, 15) is 19.5 Å². The number of hydrogen-bond donors (Lipinski definition) is 2. The third-order valence-corrected chi connectivity index (χ3v) is 7.01. The molecule has 1 amide bonds. The standard InChI is InChI=1S/C32H36N2O5/c1-32(2,3)25-13-9-23(10-14-25)29(35)33-28(30(36)37)21-22-7-17-27(18-8-22)39-31(38)24-11-15-26(16-12-24)34-19-5-4-6-20-34/h7-18,28H,4-6,19-21H2,1-3H3,(H,33,35)(H,36,37)/t28-/m0/s1. The van der Waals surface area contributed by atoms with E-state index in [0.29, 0.717) is 22.4 Å². The van der Waals surface area contributed by atoms with Crippen molar-refractivity contribution in [1.29, 1.82) is 0 Å². The maximum atomic E-state index is 12.7. The number of rotatable bonds is 8. The van der Waals surface area contributed by atoms with Crippen molar-refractivity contribution in [3.63, 3.8) is 0 Å². The van der Waals surface area contributed by atoms with Gasteiger partial charge in [-0.15, -0.1) is 0 Å². The molecule has 1 saturated heterocycles. The number of benzene rings is 3. The van der Waals surface area contributed by atoms with E-state index >= 15 is 0 Å². The predicted octanol–water partition coefficient (Wildman–Crippen LogP) is 5.62. The second kappa shape index (κ2) is 12.2. The summed E-state index contributed by atoms with van der Waals surface area (Å²) < 4.78 is 5.51. The highest BCUT2D eigenvalue weighted by molar-refractivity contribution is 5.96. The molecule has 0 spiro atoms. The van der Waals surface area contributed by atoms with Crippen LogP contribution in [0.2, 0.25) is 0 Å². The summed E-state index contributed by atoms with van der Waals surface area (Å²) in [5.41, 5.74) is 3.71. The highest BCUT2D eigenvalue weighted by Gasteiger charge is 2.22. The topological polar surface area (TPSA) is 95.9 Å². The highest BCUT2D eigenvalue weighted by Crippen LogP contribution is 2.23. The summed E-state index contributed by atoms with van der Waals surface area (Å²) in [4.78, 5) is 39.5. The smallest absolute Gasteiger partial charge is 0.343 e. The van der Waals surface area contributed by atoms with Crippen molar-refractivity contribution in [2.75, 3.05) is 18.0 Å². The molecule has 0 radical (unpaired) electrons. The van der Waals surface area contributed by atoms with Crippen LogP contribution in [0, 0.1) is 0 Å². The van der Waals surface area contributed by atoms with Gasteiger partial charge < -0.3 is 20.1 Å². The van der Waals surface area contributed by atoms with Crippen LogP contribution in [-0.2, 0) is 16.6 Å². The van der Waals surface area contributed by atoms with Gasteiger partial charge in [-0.25, -0.2) is 9.59 Å². The average molecular weight is 529 g/mol. The lowest BCUT2D eigenvalue weighted by Gasteiger charge is -2.28. The van der Waals surface area contributed by atoms with Gasteiger partial charge in [0.25, 0.3) is 5.91 Å². The van der Waals surface area contributed by atoms with Crippen molar-refractivity contribution in [1.82, 2.24) is 5.32 Å². The Hall–Kier alpha value is -4.13. The molecule has 0 aromatic heterocycles. The van der Waals surface area contributed by atoms with Crippen LogP contribution in [-0.4, -0.2) is 42.1 Å². The maximum absolute atomic E-state index is 12.7. The maximum Gasteiger partial charge on any atom is 0.343 e. The fourth-order valence-corrected chi connectivity index (χ4v) is 4.62. The van der Waals surface area contributed by atoms with Gasteiger partial charge in [0.1, 0.15) is 11.8 Å². The second-order valence-corrected chi connectivity index (χ2v) is 11.0. The Morgan fingerprint density at radius 3 is 2.00 bits per heavy atom. The molecule has 1 heterocycles. The molecule has 1 aliphatic heterocycles. The third-order valence-electron chi connectivity index (χ3n) is 7.01. The van der Waals surface area contributed by atoms with Gasteiger partial charge in [0, 0.05) is 30.8 Å². The Morgan fingerprint density at radius 2 is 1.44 bits per heavy atom. The fourth-order valence-electron chi connectivity index (χ4n) is 4.62. The van der Waals surface area contributed by atoms with Crippen LogP contribution in [0.1, 0.15) is 71.9 Å². The number of carbonyl (C=O) groups is 3. The van der Waals surface area contributed by atoms with Crippen LogP contribution in [0.4, 0.5) is 5.69 Å². The number of esters is 1. The Labute approximate surface area is 229 Å². The lowest BCUT2D eigenvalue weighted by atomic mass is 9.86. The van der Waals surface area contributed by atoms with Gasteiger partial charge in [0.2, 0.25) is 0 Å². The van der Waals surface area contributed by atoms with Gasteiger partial charge in [-0.1, -0.05) is 45.0 Å². The molecule has 3 aromatic carbocycles. The summed E-state index contributed by atoms with van der Waals surface area (Å²) in [6, 6.07) is 20.2. The molecule has 3 aromatic rings. The highest BCUT2D eigenvalue weighted by atomic mass is 16.5. The normalized spacial score (nSPS) is 14.4. The second-order valence-electron chi connectivity index (χ2n) is 11.0. The van der Waals surface area contributed by atoms with Crippen LogP contribution in [0.25, 0.3) is 0 Å². The van der Waals surface area contributed by atoms with Gasteiger partial charge in [-0.3, -0.25) is 4.79 Å². The zero-order valence-corrected chi connectivity index (χ0v) is 22.8. The van der Waals surface area contributed by atoms with E-state index in [0.717, 1.165) is 24.3 Å². The number of carboxylic acid groups (broad SMARTS) is 1. The predicted molar refractivity (Wildman–Crippen MR) is 152 cm³/mol. The van der Waals surface area contributed by atoms with E-state index in [1.54, 1.807) is 48.5 Å². The van der Waals surface area contributed by atoms with Crippen molar-refractivity contribution in [2.24, 2.45) is 0 Å². The first kappa shape index (κ1) is 27.9. The number of carbonyl (C=O) groups excluding carboxylic acids is 2. The van der Waals surface area contributed by atoms with Crippen molar-refractivity contribution in [2.45, 2.75) is 57.9 Å². The van der Waals surface area contributed by atoms with E-state index in [-0.39, 0.29) is 11.8 Å². The number of hydrogen-bond acceptors (Lipinski definition) is 5. The number of ether oxygens (including phenoxy) is 1. The minimum absolute atomic E-state index is 0.0451. The summed E-state index contributed by atoms with van der Waals surface area (Å²) in [7, 11) is 0. The molecule has 0 saturated carbocycles. The SMILES string of the molecule is CC(C)(C)c1ccc(C(=O)N[C@@H](Cc2ccc(OC(=O)c3ccc(N4CCCCC4)cc3)cc2)C(=O)O)cc1. The zero-order valence-electron chi connectivity index (χ0n) is 22.8. The fraction of sp³-hybridized carbons (Fsp3) is 0.344. The summed E-state index contributed by atoms with van der Waals surface area (Å²) >= 11 is 0. The molecule has 0 bridgehead atoms. The van der Waals surface area contributed by atoms with Crippen molar-refractivity contribution < 1.29 is 24.2 Å². The molecular weight excluding hydrogens is 492 g/mol. The molecule has 4 rings (SSSR count). The van der Waals surface area contributed by atoms with Gasteiger partial charge in [-0.05, 0) is 84.3 Å². The van der Waals surface area contributed by atoms with E-state index in [4.69, 9.17) is 4.74 Å². The first-order chi connectivity index (χ1) is 18.6. The van der Waals surface area contributed by atoms with Crippen LogP contribution < -0.4 is 15.0 Å². The Morgan fingerprint density at radius 1 is 0.846 bits per heavy atom. The van der Waals surface area contributed by atoms with Crippen molar-refractivity contribution in [3.05, 3.63) is 95.1 Å². The number of carboxylic acids is 1. The lowest BCUT2D eigenvalue weighted by Crippen LogP contribution is -2.42. The Kier molecular flexibility index (Phi) is 8.69. The van der Waals surface area contributed by atoms with Crippen molar-refractivity contribution in [3.8, 4) is 5.75 Å². The third kappa shape index (κ3) is 7.47. The molecule has 1 atom stereocenters. The van der Waals surface area contributed by atoms with Crippen LogP contribution in [0.5, 0.6) is 5.75 Å². The number of piperidine rings is 1. The first-order valence-corrected chi connectivity index (χ1v) is 13.4. The Balaban J connectivity index is 1.33. The quantitative estimate of drug-likeness (QED) is 0.291. The minimum atomic E-state index is -1.13.